The number of sulfonamides is 1. The van der Waals surface area contributed by atoms with Crippen molar-refractivity contribution in [1.82, 2.24) is 9.62 Å². The maximum absolute atomic E-state index is 12.6. The van der Waals surface area contributed by atoms with Crippen LogP contribution in [-0.2, 0) is 21.2 Å². The van der Waals surface area contributed by atoms with Gasteiger partial charge in [-0.15, -0.1) is 0 Å². The van der Waals surface area contributed by atoms with E-state index < -0.39 is 10.0 Å². The van der Waals surface area contributed by atoms with E-state index in [1.165, 1.54) is 16.4 Å². The molecule has 2 aromatic carbocycles. The minimum Gasteiger partial charge on any atom is -0.484 e. The Bertz CT molecular complexity index is 861. The van der Waals surface area contributed by atoms with Crippen molar-refractivity contribution in [2.45, 2.75) is 30.6 Å². The van der Waals surface area contributed by atoms with Gasteiger partial charge in [0.2, 0.25) is 10.0 Å². The number of ether oxygens (including phenoxy) is 1. The van der Waals surface area contributed by atoms with Crippen LogP contribution in [0.1, 0.15) is 24.8 Å². The quantitative estimate of drug-likeness (QED) is 0.736. The molecular weight excluding hydrogens is 376 g/mol. The Balaban J connectivity index is 1.45. The molecule has 150 valence electrons. The van der Waals surface area contributed by atoms with Crippen molar-refractivity contribution in [2.75, 3.05) is 26.2 Å². The zero-order valence-electron chi connectivity index (χ0n) is 15.8. The van der Waals surface area contributed by atoms with Crippen molar-refractivity contribution in [3.05, 3.63) is 60.2 Å². The zero-order chi connectivity index (χ0) is 19.8. The number of nitrogens with zero attached hydrogens (tertiary/aromatic N) is 1. The second-order valence-corrected chi connectivity index (χ2v) is 8.75. The molecule has 7 heteroatoms. The number of hydrogen-bond acceptors (Lipinski definition) is 4. The molecule has 1 aliphatic rings. The number of hydrogen-bond donors (Lipinski definition) is 1. The molecule has 0 aliphatic carbocycles. The summed E-state index contributed by atoms with van der Waals surface area (Å²) in [6, 6.07) is 16.2. The van der Waals surface area contributed by atoms with E-state index in [1.807, 2.05) is 30.3 Å². The van der Waals surface area contributed by atoms with E-state index in [0.29, 0.717) is 25.4 Å². The van der Waals surface area contributed by atoms with Crippen LogP contribution in [0.4, 0.5) is 0 Å². The van der Waals surface area contributed by atoms with Crippen molar-refractivity contribution < 1.29 is 17.9 Å². The smallest absolute Gasteiger partial charge is 0.257 e. The first-order valence-electron chi connectivity index (χ1n) is 9.59. The van der Waals surface area contributed by atoms with E-state index in [1.54, 1.807) is 12.1 Å². The van der Waals surface area contributed by atoms with Gasteiger partial charge >= 0.3 is 0 Å². The summed E-state index contributed by atoms with van der Waals surface area (Å²) < 4.78 is 32.2. The van der Waals surface area contributed by atoms with E-state index in [0.717, 1.165) is 31.2 Å². The predicted molar refractivity (Wildman–Crippen MR) is 108 cm³/mol. The van der Waals surface area contributed by atoms with Gasteiger partial charge in [-0.1, -0.05) is 36.8 Å². The summed E-state index contributed by atoms with van der Waals surface area (Å²) in [6.45, 7) is 1.58. The lowest BCUT2D eigenvalue weighted by atomic mass is 10.1. The van der Waals surface area contributed by atoms with Crippen molar-refractivity contribution in [3.8, 4) is 5.75 Å². The van der Waals surface area contributed by atoms with Gasteiger partial charge in [0.25, 0.3) is 5.91 Å². The molecule has 1 saturated heterocycles. The van der Waals surface area contributed by atoms with Crippen LogP contribution in [0, 0.1) is 0 Å². The van der Waals surface area contributed by atoms with E-state index in [9.17, 15) is 13.2 Å². The molecule has 0 atom stereocenters. The molecule has 2 aromatic rings. The number of piperidine rings is 1. The number of carbonyl (C=O) groups is 1. The second-order valence-electron chi connectivity index (χ2n) is 6.81. The zero-order valence-corrected chi connectivity index (χ0v) is 16.7. The Hall–Kier alpha value is -2.38. The maximum atomic E-state index is 12.6. The first-order chi connectivity index (χ1) is 13.6. The van der Waals surface area contributed by atoms with Gasteiger partial charge in [0, 0.05) is 19.6 Å². The van der Waals surface area contributed by atoms with Gasteiger partial charge in [0.15, 0.2) is 6.61 Å². The Labute approximate surface area is 166 Å². The standard InChI is InChI=1S/C21H26N2O4S/c24-21(22-14-13-18-7-3-1-4-8-18)17-27-19-9-11-20(12-10-19)28(25,26)23-15-5-2-6-16-23/h1,3-4,7-12H,2,5-6,13-17H2,(H,22,24). The average Bonchev–Trinajstić information content (AvgIpc) is 2.74. The molecule has 1 heterocycles. The molecule has 1 N–H and O–H groups in total. The highest BCUT2D eigenvalue weighted by molar-refractivity contribution is 7.89. The fourth-order valence-corrected chi connectivity index (χ4v) is 4.67. The summed E-state index contributed by atoms with van der Waals surface area (Å²) in [7, 11) is -3.45. The third-order valence-corrected chi connectivity index (χ3v) is 6.64. The molecule has 6 nitrogen and oxygen atoms in total. The molecule has 0 saturated carbocycles. The van der Waals surface area contributed by atoms with Crippen LogP contribution in [0.2, 0.25) is 0 Å². The summed E-state index contributed by atoms with van der Waals surface area (Å²) >= 11 is 0. The maximum Gasteiger partial charge on any atom is 0.257 e. The average molecular weight is 403 g/mol. The Morgan fingerprint density at radius 3 is 2.32 bits per heavy atom. The Morgan fingerprint density at radius 1 is 0.964 bits per heavy atom. The first-order valence-corrected chi connectivity index (χ1v) is 11.0. The molecule has 0 aromatic heterocycles. The van der Waals surface area contributed by atoms with E-state index >= 15 is 0 Å². The highest BCUT2D eigenvalue weighted by atomic mass is 32.2. The van der Waals surface area contributed by atoms with Crippen LogP contribution < -0.4 is 10.1 Å². The molecule has 0 bridgehead atoms. The molecule has 1 aliphatic heterocycles. The minimum absolute atomic E-state index is 0.104. The normalized spacial score (nSPS) is 15.1. The summed E-state index contributed by atoms with van der Waals surface area (Å²) in [5.41, 5.74) is 1.16. The number of benzene rings is 2. The lowest BCUT2D eigenvalue weighted by molar-refractivity contribution is -0.123. The Kier molecular flexibility index (Phi) is 7.06. The Morgan fingerprint density at radius 2 is 1.64 bits per heavy atom. The summed E-state index contributed by atoms with van der Waals surface area (Å²) in [5.74, 6) is 0.261. The van der Waals surface area contributed by atoms with Crippen molar-refractivity contribution in [1.29, 1.82) is 0 Å². The van der Waals surface area contributed by atoms with E-state index in [4.69, 9.17) is 4.74 Å². The van der Waals surface area contributed by atoms with Gasteiger partial charge in [-0.25, -0.2) is 8.42 Å². The molecule has 0 unspecified atom stereocenters. The molecule has 0 spiro atoms. The lowest BCUT2D eigenvalue weighted by Crippen LogP contribution is -2.35. The monoisotopic (exact) mass is 402 g/mol. The SMILES string of the molecule is O=C(COc1ccc(S(=O)(=O)N2CCCCC2)cc1)NCCc1ccccc1. The topological polar surface area (TPSA) is 75.7 Å². The van der Waals surface area contributed by atoms with Gasteiger partial charge in [0.1, 0.15) is 5.75 Å². The number of carbonyl (C=O) groups excluding carboxylic acids is 1. The third-order valence-electron chi connectivity index (χ3n) is 4.73. The van der Waals surface area contributed by atoms with Crippen molar-refractivity contribution in [3.63, 3.8) is 0 Å². The summed E-state index contributed by atoms with van der Waals surface area (Å²) in [4.78, 5) is 12.2. The molecular formula is C21H26N2O4S. The molecule has 0 radical (unpaired) electrons. The fraction of sp³-hybridized carbons (Fsp3) is 0.381. The summed E-state index contributed by atoms with van der Waals surface area (Å²) in [6.07, 6.45) is 3.64. The van der Waals surface area contributed by atoms with Gasteiger partial charge in [-0.2, -0.15) is 4.31 Å². The van der Waals surface area contributed by atoms with Gasteiger partial charge < -0.3 is 10.1 Å². The highest BCUT2D eigenvalue weighted by Crippen LogP contribution is 2.22. The third kappa shape index (κ3) is 5.56. The molecule has 3 rings (SSSR count). The molecule has 1 fully saturated rings. The van der Waals surface area contributed by atoms with Crippen molar-refractivity contribution in [2.24, 2.45) is 0 Å². The van der Waals surface area contributed by atoms with Gasteiger partial charge in [-0.05, 0) is 49.1 Å². The van der Waals surface area contributed by atoms with Gasteiger partial charge in [-0.3, -0.25) is 4.79 Å². The van der Waals surface area contributed by atoms with Gasteiger partial charge in [0.05, 0.1) is 4.90 Å². The predicted octanol–water partition coefficient (Wildman–Crippen LogP) is 2.60. The number of amides is 1. The van der Waals surface area contributed by atoms with Crippen LogP contribution in [0.25, 0.3) is 0 Å². The highest BCUT2D eigenvalue weighted by Gasteiger charge is 2.25. The minimum atomic E-state index is -3.45. The number of rotatable bonds is 8. The molecule has 28 heavy (non-hydrogen) atoms. The second kappa shape index (κ2) is 9.71. The van der Waals surface area contributed by atoms with Crippen LogP contribution in [0.3, 0.4) is 0 Å². The van der Waals surface area contributed by atoms with Crippen LogP contribution in [0.15, 0.2) is 59.5 Å². The lowest BCUT2D eigenvalue weighted by Gasteiger charge is -2.25. The van der Waals surface area contributed by atoms with Crippen LogP contribution in [-0.4, -0.2) is 44.9 Å². The van der Waals surface area contributed by atoms with Crippen LogP contribution >= 0.6 is 0 Å². The van der Waals surface area contributed by atoms with Crippen molar-refractivity contribution >= 4 is 15.9 Å². The van der Waals surface area contributed by atoms with E-state index in [2.05, 4.69) is 5.32 Å². The largest absolute Gasteiger partial charge is 0.484 e. The molecule has 1 amide bonds. The van der Waals surface area contributed by atoms with Crippen LogP contribution in [0.5, 0.6) is 5.75 Å². The van der Waals surface area contributed by atoms with E-state index in [-0.39, 0.29) is 17.4 Å². The summed E-state index contributed by atoms with van der Waals surface area (Å²) in [5, 5.41) is 2.81. The fourth-order valence-electron chi connectivity index (χ4n) is 3.15. The first kappa shape index (κ1) is 20.4. The number of nitrogens with one attached hydrogen (secondary N) is 1.